The van der Waals surface area contributed by atoms with Crippen LogP contribution < -0.4 is 0 Å². The number of benzene rings is 9. The molecule has 0 amide bonds. The van der Waals surface area contributed by atoms with Gasteiger partial charge >= 0.3 is 0 Å². The number of halogens is 4. The van der Waals surface area contributed by atoms with Crippen molar-refractivity contribution in [3.05, 3.63) is 311 Å². The average Bonchev–Trinajstić information content (AvgIpc) is 1.52. The second-order valence-corrected chi connectivity index (χ2v) is 37.3. The van der Waals surface area contributed by atoms with Crippen molar-refractivity contribution < 1.29 is 9.59 Å². The number of unbranched alkanes of at least 4 members (excludes halogenated alkanes) is 12. The Morgan fingerprint density at radius 3 is 0.940 bits per heavy atom. The van der Waals surface area contributed by atoms with Gasteiger partial charge in [-0.1, -0.05) is 272 Å². The number of carbonyl (C=O) groups excluding carboxylic acids is 2. The molecule has 17 rings (SSSR count). The Labute approximate surface area is 714 Å². The number of nitrogens with zero attached hydrogens (tertiary/aromatic N) is 4. The van der Waals surface area contributed by atoms with Gasteiger partial charge < -0.3 is 0 Å². The average molecular weight is 1670 g/mol. The fourth-order valence-corrected chi connectivity index (χ4v) is 25.0. The van der Waals surface area contributed by atoms with Gasteiger partial charge in [-0.2, -0.15) is 21.0 Å². The van der Waals surface area contributed by atoms with E-state index in [0.717, 1.165) is 149 Å². The van der Waals surface area contributed by atoms with Crippen LogP contribution in [0, 0.1) is 45.3 Å². The number of ketones is 2. The Bertz CT molecular complexity index is 5990. The first-order valence-electron chi connectivity index (χ1n) is 40.8. The summed E-state index contributed by atoms with van der Waals surface area (Å²) in [5.74, 6) is -0.655. The molecule has 0 radical (unpaired) electrons. The van der Waals surface area contributed by atoms with Gasteiger partial charge in [0.2, 0.25) is 0 Å². The lowest BCUT2D eigenvalue weighted by Gasteiger charge is -2.35. The number of Topliss-reactive ketones (excluding diaryl/α,β-unsaturated/α-hetero) is 2. The molecule has 4 aliphatic carbocycles. The van der Waals surface area contributed by atoms with E-state index in [-0.39, 0.29) is 65.1 Å². The minimum atomic E-state index is -0.883. The van der Waals surface area contributed by atoms with Crippen LogP contribution in [0.5, 0.6) is 0 Å². The van der Waals surface area contributed by atoms with Gasteiger partial charge in [-0.3, -0.25) is 9.59 Å². The summed E-state index contributed by atoms with van der Waals surface area (Å²) < 4.78 is 4.34. The lowest BCUT2D eigenvalue weighted by molar-refractivity contribution is 0.103. The maximum atomic E-state index is 14.8. The first-order valence-corrected chi connectivity index (χ1v) is 45.6. The van der Waals surface area contributed by atoms with Gasteiger partial charge in [-0.25, -0.2) is 0 Å². The van der Waals surface area contributed by atoms with Crippen molar-refractivity contribution in [3.63, 3.8) is 0 Å². The Morgan fingerprint density at radius 2 is 0.647 bits per heavy atom. The predicted octanol–water partition coefficient (Wildman–Crippen LogP) is 30.5. The van der Waals surface area contributed by atoms with Crippen LogP contribution in [-0.2, 0) is 36.5 Å². The Morgan fingerprint density at radius 1 is 0.345 bits per heavy atom. The molecule has 574 valence electrons. The molecule has 0 spiro atoms. The van der Waals surface area contributed by atoms with E-state index >= 15 is 0 Å². The molecular formula is C102H82Cl4N4O2S4. The lowest BCUT2D eigenvalue weighted by Crippen LogP contribution is -2.29. The van der Waals surface area contributed by atoms with Crippen molar-refractivity contribution in [1.29, 1.82) is 21.0 Å². The second kappa shape index (κ2) is 33.0. The van der Waals surface area contributed by atoms with Gasteiger partial charge in [0.05, 0.1) is 40.3 Å². The third-order valence-electron chi connectivity index (χ3n) is 24.4. The van der Waals surface area contributed by atoms with Crippen LogP contribution in [0.3, 0.4) is 0 Å². The van der Waals surface area contributed by atoms with Gasteiger partial charge in [0.15, 0.2) is 11.6 Å². The molecule has 0 bridgehead atoms. The van der Waals surface area contributed by atoms with Gasteiger partial charge in [-0.15, -0.1) is 45.3 Å². The summed E-state index contributed by atoms with van der Waals surface area (Å²) in [6, 6.07) is 71.6. The number of fused-ring (bicyclic) bond motifs is 16. The number of hydrogen-bond donors (Lipinski definition) is 0. The van der Waals surface area contributed by atoms with Gasteiger partial charge in [-0.05, 0) is 211 Å². The maximum absolute atomic E-state index is 14.8. The summed E-state index contributed by atoms with van der Waals surface area (Å²) in [5, 5.41) is 47.4. The zero-order valence-corrected chi connectivity index (χ0v) is 71.5. The molecular weight excluding hydrogens is 1580 g/mol. The largest absolute Gasteiger partial charge is 0.289 e. The van der Waals surface area contributed by atoms with Crippen molar-refractivity contribution in [2.45, 2.75) is 167 Å². The smallest absolute Gasteiger partial charge is 0.194 e. The molecule has 0 N–H and O–H groups in total. The van der Waals surface area contributed by atoms with Crippen LogP contribution in [0.4, 0.5) is 0 Å². The molecule has 4 aromatic heterocycles. The van der Waals surface area contributed by atoms with E-state index in [9.17, 15) is 30.6 Å². The van der Waals surface area contributed by atoms with Gasteiger partial charge in [0.1, 0.15) is 35.4 Å². The highest BCUT2D eigenvalue weighted by Crippen LogP contribution is 2.67. The third-order valence-corrected chi connectivity index (χ3v) is 30.7. The molecule has 0 fully saturated rings. The zero-order valence-electron chi connectivity index (χ0n) is 65.2. The number of allylic oxidation sites excluding steroid dienone is 6. The standard InChI is InChI=1S/C102H82Cl4N4O2S4/c1-5-9-13-17-21-59-25-35-67(36-26-59)101(68-37-27-60(28-38-68)22-18-14-10-6-2)91-73(97-93(101)99-87(115-97)49-71(113-99)47-81-89(65(55-107)56-108)77-51-83(103)85(105)53-79(77)95(81)111)43-33-63-46-76-64(45-75(63)91)34-44-74-92(76)102(69-39-29-61(30-40-69)23-19-15-11-7-3,70-41-31-62(32-42-70)24-20-16-12-8-4)94-98(74)116-88-50-72(114-100(88)94)48-82-90(66(57-109)58-110)78-52-84(104)86(106)54-80(78)96(82)112/h25-54H,5-24H2,1-4H3/b81-47-,82-48-. The summed E-state index contributed by atoms with van der Waals surface area (Å²) in [5.41, 5.74) is 17.3. The van der Waals surface area contributed by atoms with E-state index in [0.29, 0.717) is 22.3 Å². The minimum absolute atomic E-state index is 0.177. The number of carbonyl (C=O) groups is 2. The van der Waals surface area contributed by atoms with Crippen molar-refractivity contribution in [1.82, 2.24) is 0 Å². The van der Waals surface area contributed by atoms with E-state index in [2.05, 4.69) is 198 Å². The number of aryl methyl sites for hydroxylation is 4. The van der Waals surface area contributed by atoms with E-state index in [1.165, 1.54) is 117 Å². The van der Waals surface area contributed by atoms with E-state index in [1.807, 2.05) is 12.2 Å². The molecule has 0 aliphatic heterocycles. The first kappa shape index (κ1) is 78.7. The van der Waals surface area contributed by atoms with Crippen LogP contribution in [0.25, 0.3) is 84.5 Å². The maximum Gasteiger partial charge on any atom is 0.194 e. The summed E-state index contributed by atoms with van der Waals surface area (Å²) in [6.07, 6.45) is 26.2. The molecule has 9 aromatic carbocycles. The van der Waals surface area contributed by atoms with Crippen LogP contribution in [0.2, 0.25) is 20.1 Å². The molecule has 13 aromatic rings. The minimum Gasteiger partial charge on any atom is -0.289 e. The number of thiophene rings is 4. The topological polar surface area (TPSA) is 129 Å². The second-order valence-electron chi connectivity index (χ2n) is 31.4. The SMILES string of the molecule is CCCCCCc1ccc(C2(c3ccc(CCCCCC)cc3)c3c(ccc4cc5c6c(ccc5cc34)-c3sc4cc(/C=C5\C(=O)c7cc(Cl)c(Cl)cc7C5=C(C#N)C#N)sc4c3C6(c3ccc(CCCCCC)cc3)c3ccc(CCCCCC)cc3)-c3sc4cc(/C=C5\C(=O)c6cc(Cl)c(Cl)cc6C5=C(C#N)C#N)sc4c32)cc1. The Hall–Kier alpha value is -9.76. The van der Waals surface area contributed by atoms with Crippen molar-refractivity contribution in [3.8, 4) is 45.2 Å². The molecule has 6 nitrogen and oxygen atoms in total. The van der Waals surface area contributed by atoms with Crippen molar-refractivity contribution in [2.75, 3.05) is 0 Å². The van der Waals surface area contributed by atoms with Crippen LogP contribution in [-0.4, -0.2) is 11.6 Å². The van der Waals surface area contributed by atoms with Crippen molar-refractivity contribution in [2.24, 2.45) is 0 Å². The third kappa shape index (κ3) is 13.4. The predicted molar refractivity (Wildman–Crippen MR) is 488 cm³/mol. The van der Waals surface area contributed by atoms with Gasteiger partial charge in [0.25, 0.3) is 0 Å². The Balaban J connectivity index is 0.916. The number of hydrogen-bond acceptors (Lipinski definition) is 10. The zero-order chi connectivity index (χ0) is 80.3. The monoisotopic (exact) mass is 1660 g/mol. The van der Waals surface area contributed by atoms with E-state index < -0.39 is 10.8 Å². The van der Waals surface area contributed by atoms with E-state index in [1.54, 1.807) is 69.6 Å². The summed E-state index contributed by atoms with van der Waals surface area (Å²) in [4.78, 5) is 33.6. The first-order chi connectivity index (χ1) is 56.6. The summed E-state index contributed by atoms with van der Waals surface area (Å²) in [6.45, 7) is 9.04. The molecule has 0 unspecified atom stereocenters. The summed E-state index contributed by atoms with van der Waals surface area (Å²) in [7, 11) is 0. The molecule has 4 aliphatic rings. The fraction of sp³-hybridized carbons (Fsp3) is 0.255. The molecule has 116 heavy (non-hydrogen) atoms. The molecule has 14 heteroatoms. The normalized spacial score (nSPS) is 14.7. The van der Waals surface area contributed by atoms with Crippen LogP contribution in [0.15, 0.2) is 192 Å². The lowest BCUT2D eigenvalue weighted by atomic mass is 9.65. The summed E-state index contributed by atoms with van der Waals surface area (Å²) >= 11 is 33.4. The number of nitriles is 4. The molecule has 0 saturated heterocycles. The highest BCUT2D eigenvalue weighted by atomic mass is 35.5. The van der Waals surface area contributed by atoms with E-state index in [4.69, 9.17) is 46.4 Å². The molecule has 0 saturated carbocycles. The highest BCUT2D eigenvalue weighted by Gasteiger charge is 2.53. The van der Waals surface area contributed by atoms with Crippen LogP contribution in [0.1, 0.15) is 239 Å². The molecule has 0 atom stereocenters. The quantitative estimate of drug-likeness (QED) is 0.0230. The fourth-order valence-electron chi connectivity index (χ4n) is 18.9. The molecule has 4 heterocycles. The van der Waals surface area contributed by atoms with Gasteiger partial charge in [0, 0.05) is 73.5 Å². The highest BCUT2D eigenvalue weighted by molar-refractivity contribution is 7.31. The number of rotatable bonds is 26. The van der Waals surface area contributed by atoms with Crippen molar-refractivity contribution >= 4 is 167 Å². The Kier molecular flexibility index (Phi) is 22.4. The van der Waals surface area contributed by atoms with Crippen LogP contribution >= 0.6 is 91.8 Å².